The highest BCUT2D eigenvalue weighted by Gasteiger charge is 2.18. The molecule has 1 rings (SSSR count). The smallest absolute Gasteiger partial charge is 0.110 e. The van der Waals surface area contributed by atoms with Crippen LogP contribution in [0.25, 0.3) is 0 Å². The molecule has 0 aliphatic carbocycles. The highest BCUT2D eigenvalue weighted by Crippen LogP contribution is 2.26. The zero-order valence-electron chi connectivity index (χ0n) is 10.7. The van der Waals surface area contributed by atoms with Gasteiger partial charge in [-0.3, -0.25) is 4.90 Å². The summed E-state index contributed by atoms with van der Waals surface area (Å²) in [4.78, 5) is 6.78. The van der Waals surface area contributed by atoms with Crippen molar-refractivity contribution >= 4 is 22.9 Å². The predicted molar refractivity (Wildman–Crippen MR) is 73.6 cm³/mol. The Hall–Kier alpha value is -0.160. The van der Waals surface area contributed by atoms with Crippen LogP contribution >= 0.6 is 22.9 Å². The molecule has 98 valence electrons. The Morgan fingerprint density at radius 2 is 2.29 bits per heavy atom. The lowest BCUT2D eigenvalue weighted by Gasteiger charge is -2.25. The summed E-state index contributed by atoms with van der Waals surface area (Å²) in [5, 5.41) is 12.5. The van der Waals surface area contributed by atoms with Crippen LogP contribution in [0, 0.1) is 0 Å². The van der Waals surface area contributed by atoms with Crippen LogP contribution in [0.1, 0.15) is 43.4 Å². The third kappa shape index (κ3) is 4.54. The van der Waals surface area contributed by atoms with Crippen molar-refractivity contribution in [3.63, 3.8) is 0 Å². The summed E-state index contributed by atoms with van der Waals surface area (Å²) >= 11 is 7.44. The highest BCUT2D eigenvalue weighted by molar-refractivity contribution is 7.09. The lowest BCUT2D eigenvalue weighted by atomic mass is 10.2. The van der Waals surface area contributed by atoms with Crippen molar-refractivity contribution in [2.75, 3.05) is 13.6 Å². The van der Waals surface area contributed by atoms with Crippen molar-refractivity contribution < 1.29 is 5.11 Å². The van der Waals surface area contributed by atoms with E-state index in [1.807, 2.05) is 12.3 Å². The van der Waals surface area contributed by atoms with E-state index in [-0.39, 0.29) is 6.10 Å². The molecule has 1 aromatic heterocycles. The van der Waals surface area contributed by atoms with Gasteiger partial charge in [-0.2, -0.15) is 0 Å². The van der Waals surface area contributed by atoms with Crippen LogP contribution in [-0.4, -0.2) is 34.7 Å². The van der Waals surface area contributed by atoms with Gasteiger partial charge in [-0.05, 0) is 26.8 Å². The van der Waals surface area contributed by atoms with Gasteiger partial charge in [-0.1, -0.05) is 6.92 Å². The fourth-order valence-electron chi connectivity index (χ4n) is 1.76. The largest absolute Gasteiger partial charge is 0.393 e. The van der Waals surface area contributed by atoms with Crippen LogP contribution in [0.3, 0.4) is 0 Å². The maximum absolute atomic E-state index is 9.31. The van der Waals surface area contributed by atoms with Crippen molar-refractivity contribution in [3.8, 4) is 0 Å². The summed E-state index contributed by atoms with van der Waals surface area (Å²) in [6.07, 6.45) is 1.57. The molecule has 5 heteroatoms. The number of aromatic nitrogens is 1. The number of aliphatic hydroxyl groups is 1. The molecule has 1 aromatic rings. The first-order valence-electron chi connectivity index (χ1n) is 5.97. The fraction of sp³-hybridized carbons (Fsp3) is 0.750. The van der Waals surface area contributed by atoms with E-state index in [9.17, 15) is 5.11 Å². The van der Waals surface area contributed by atoms with Gasteiger partial charge in [0.25, 0.3) is 0 Å². The minimum atomic E-state index is -0.246. The lowest BCUT2D eigenvalue weighted by Crippen LogP contribution is -2.27. The SMILES string of the molecule is CCC(c1nc(CCl)cs1)N(C)CCC(C)O. The Morgan fingerprint density at radius 1 is 1.59 bits per heavy atom. The first-order chi connectivity index (χ1) is 8.08. The Balaban J connectivity index is 2.63. The monoisotopic (exact) mass is 276 g/mol. The zero-order chi connectivity index (χ0) is 12.8. The first kappa shape index (κ1) is 14.9. The Labute approximate surface area is 112 Å². The van der Waals surface area contributed by atoms with Crippen molar-refractivity contribution in [2.45, 2.75) is 44.7 Å². The van der Waals surface area contributed by atoms with Crippen molar-refractivity contribution in [1.29, 1.82) is 0 Å². The van der Waals surface area contributed by atoms with Crippen molar-refractivity contribution in [2.24, 2.45) is 0 Å². The second-order valence-electron chi connectivity index (χ2n) is 4.35. The maximum Gasteiger partial charge on any atom is 0.110 e. The minimum absolute atomic E-state index is 0.246. The van der Waals surface area contributed by atoms with Gasteiger partial charge in [0.05, 0.1) is 23.7 Å². The number of alkyl halides is 1. The molecular formula is C12H21ClN2OS. The van der Waals surface area contributed by atoms with Crippen LogP contribution in [0.2, 0.25) is 0 Å². The molecule has 3 nitrogen and oxygen atoms in total. The number of nitrogens with zero attached hydrogens (tertiary/aromatic N) is 2. The molecule has 0 aliphatic rings. The van der Waals surface area contributed by atoms with Gasteiger partial charge in [0, 0.05) is 11.9 Å². The molecule has 1 heterocycles. The summed E-state index contributed by atoms with van der Waals surface area (Å²) in [6.45, 7) is 4.86. The Morgan fingerprint density at radius 3 is 2.76 bits per heavy atom. The van der Waals surface area contributed by atoms with Crippen LogP contribution < -0.4 is 0 Å². The molecule has 1 N–H and O–H groups in total. The molecule has 2 unspecified atom stereocenters. The van der Waals surface area contributed by atoms with E-state index in [1.165, 1.54) is 0 Å². The van der Waals surface area contributed by atoms with E-state index in [0.717, 1.165) is 30.1 Å². The molecule has 0 radical (unpaired) electrons. The molecule has 0 aliphatic heterocycles. The Kier molecular flexibility index (Phi) is 6.41. The number of aliphatic hydroxyl groups excluding tert-OH is 1. The highest BCUT2D eigenvalue weighted by atomic mass is 35.5. The summed E-state index contributed by atoms with van der Waals surface area (Å²) in [7, 11) is 2.08. The van der Waals surface area contributed by atoms with Crippen LogP contribution in [0.5, 0.6) is 0 Å². The second kappa shape index (κ2) is 7.31. The molecule has 17 heavy (non-hydrogen) atoms. The van der Waals surface area contributed by atoms with Crippen LogP contribution in [-0.2, 0) is 5.88 Å². The van der Waals surface area contributed by atoms with Gasteiger partial charge >= 0.3 is 0 Å². The molecule has 0 aromatic carbocycles. The maximum atomic E-state index is 9.31. The zero-order valence-corrected chi connectivity index (χ0v) is 12.3. The van der Waals surface area contributed by atoms with Gasteiger partial charge in [-0.15, -0.1) is 22.9 Å². The normalized spacial score (nSPS) is 15.2. The summed E-state index contributed by atoms with van der Waals surface area (Å²) in [5.41, 5.74) is 0.953. The molecular weight excluding hydrogens is 256 g/mol. The quantitative estimate of drug-likeness (QED) is 0.778. The molecule has 0 spiro atoms. The third-order valence-corrected chi connectivity index (χ3v) is 4.08. The summed E-state index contributed by atoms with van der Waals surface area (Å²) < 4.78 is 0. The molecule has 0 saturated heterocycles. The molecule has 0 saturated carbocycles. The number of hydrogen-bond donors (Lipinski definition) is 1. The van der Waals surface area contributed by atoms with E-state index in [0.29, 0.717) is 11.9 Å². The number of hydrogen-bond acceptors (Lipinski definition) is 4. The molecule has 2 atom stereocenters. The molecule has 0 amide bonds. The molecule has 0 bridgehead atoms. The van der Waals surface area contributed by atoms with Gasteiger partial charge in [0.2, 0.25) is 0 Å². The fourth-order valence-corrected chi connectivity index (χ4v) is 3.05. The van der Waals surface area contributed by atoms with E-state index in [1.54, 1.807) is 11.3 Å². The predicted octanol–water partition coefficient (Wildman–Crippen LogP) is 3.04. The van der Waals surface area contributed by atoms with E-state index in [4.69, 9.17) is 11.6 Å². The minimum Gasteiger partial charge on any atom is -0.393 e. The van der Waals surface area contributed by atoms with Gasteiger partial charge in [-0.25, -0.2) is 4.98 Å². The van der Waals surface area contributed by atoms with Crippen LogP contribution in [0.15, 0.2) is 5.38 Å². The van der Waals surface area contributed by atoms with E-state index >= 15 is 0 Å². The average molecular weight is 277 g/mol. The second-order valence-corrected chi connectivity index (χ2v) is 5.51. The average Bonchev–Trinajstić information content (AvgIpc) is 2.76. The van der Waals surface area contributed by atoms with Crippen molar-refractivity contribution in [1.82, 2.24) is 9.88 Å². The summed E-state index contributed by atoms with van der Waals surface area (Å²) in [6, 6.07) is 0.329. The van der Waals surface area contributed by atoms with Crippen LogP contribution in [0.4, 0.5) is 0 Å². The lowest BCUT2D eigenvalue weighted by molar-refractivity contribution is 0.148. The van der Waals surface area contributed by atoms with Gasteiger partial charge < -0.3 is 5.11 Å². The van der Waals surface area contributed by atoms with Crippen molar-refractivity contribution in [3.05, 3.63) is 16.1 Å². The standard InChI is InChI=1S/C12H21ClN2OS/c1-4-11(15(3)6-5-9(2)16)12-14-10(7-13)8-17-12/h8-9,11,16H,4-7H2,1-3H3. The van der Waals surface area contributed by atoms with Gasteiger partial charge in [0.15, 0.2) is 0 Å². The number of rotatable bonds is 7. The number of halogens is 1. The third-order valence-electron chi connectivity index (χ3n) is 2.81. The first-order valence-corrected chi connectivity index (χ1v) is 7.38. The molecule has 0 fully saturated rings. The van der Waals surface area contributed by atoms with E-state index in [2.05, 4.69) is 23.9 Å². The Bertz CT molecular complexity index is 330. The van der Waals surface area contributed by atoms with E-state index < -0.39 is 0 Å². The topological polar surface area (TPSA) is 36.4 Å². The summed E-state index contributed by atoms with van der Waals surface area (Å²) in [5.74, 6) is 0.477. The number of thiazole rings is 1. The van der Waals surface area contributed by atoms with Gasteiger partial charge in [0.1, 0.15) is 5.01 Å².